The number of alkyl carbamates (subject to hydrolysis) is 1. The SMILES string of the molecule is CC(C)OC(=O)NC1(C(=O)O)CCCCC1. The minimum atomic E-state index is -1.12. The van der Waals surface area contributed by atoms with Gasteiger partial charge in [-0.3, -0.25) is 0 Å². The van der Waals surface area contributed by atoms with Crippen molar-refractivity contribution in [1.82, 2.24) is 5.32 Å². The van der Waals surface area contributed by atoms with Crippen LogP contribution in [0.1, 0.15) is 46.0 Å². The molecule has 0 aliphatic heterocycles. The van der Waals surface area contributed by atoms with Crippen LogP contribution in [0.15, 0.2) is 0 Å². The van der Waals surface area contributed by atoms with E-state index in [0.717, 1.165) is 19.3 Å². The molecule has 16 heavy (non-hydrogen) atoms. The molecule has 0 aromatic rings. The molecule has 0 atom stereocenters. The first-order valence-electron chi connectivity index (χ1n) is 5.68. The Bertz CT molecular complexity index is 269. The molecule has 0 bridgehead atoms. The number of ether oxygens (including phenoxy) is 1. The predicted octanol–water partition coefficient (Wildman–Crippen LogP) is 1.91. The Balaban J connectivity index is 2.64. The van der Waals surface area contributed by atoms with Gasteiger partial charge in [-0.15, -0.1) is 0 Å². The first kappa shape index (κ1) is 12.8. The highest BCUT2D eigenvalue weighted by Crippen LogP contribution is 2.28. The first-order chi connectivity index (χ1) is 7.46. The van der Waals surface area contributed by atoms with Crippen LogP contribution in [0, 0.1) is 0 Å². The molecular formula is C11H19NO4. The molecule has 1 aliphatic rings. The Morgan fingerprint density at radius 1 is 1.25 bits per heavy atom. The minimum Gasteiger partial charge on any atom is -0.480 e. The minimum absolute atomic E-state index is 0.241. The second kappa shape index (κ2) is 5.18. The van der Waals surface area contributed by atoms with Gasteiger partial charge in [0.15, 0.2) is 0 Å². The van der Waals surface area contributed by atoms with Gasteiger partial charge in [0, 0.05) is 0 Å². The van der Waals surface area contributed by atoms with Crippen LogP contribution in [0.3, 0.4) is 0 Å². The van der Waals surface area contributed by atoms with Crippen LogP contribution in [-0.4, -0.2) is 28.8 Å². The Morgan fingerprint density at radius 2 is 1.81 bits per heavy atom. The lowest BCUT2D eigenvalue weighted by Crippen LogP contribution is -2.56. The maximum absolute atomic E-state index is 11.4. The molecule has 0 saturated heterocycles. The van der Waals surface area contributed by atoms with E-state index in [0.29, 0.717) is 12.8 Å². The summed E-state index contributed by atoms with van der Waals surface area (Å²) in [6.45, 7) is 3.46. The van der Waals surface area contributed by atoms with E-state index < -0.39 is 17.6 Å². The molecule has 0 spiro atoms. The number of aliphatic carboxylic acids is 1. The zero-order chi connectivity index (χ0) is 12.2. The lowest BCUT2D eigenvalue weighted by molar-refractivity contribution is -0.146. The Hall–Kier alpha value is -1.26. The zero-order valence-corrected chi connectivity index (χ0v) is 9.78. The number of rotatable bonds is 3. The van der Waals surface area contributed by atoms with Gasteiger partial charge in [-0.1, -0.05) is 19.3 Å². The summed E-state index contributed by atoms with van der Waals surface area (Å²) >= 11 is 0. The number of hydrogen-bond acceptors (Lipinski definition) is 3. The average Bonchev–Trinajstić information content (AvgIpc) is 2.17. The fourth-order valence-electron chi connectivity index (χ4n) is 1.99. The summed E-state index contributed by atoms with van der Waals surface area (Å²) in [5, 5.41) is 11.7. The number of carboxylic acids is 1. The van der Waals surface area contributed by atoms with Gasteiger partial charge in [-0.25, -0.2) is 9.59 Å². The van der Waals surface area contributed by atoms with E-state index in [-0.39, 0.29) is 6.10 Å². The maximum Gasteiger partial charge on any atom is 0.408 e. The second-order valence-electron chi connectivity index (χ2n) is 4.53. The van der Waals surface area contributed by atoms with Crippen LogP contribution in [0.25, 0.3) is 0 Å². The number of hydrogen-bond donors (Lipinski definition) is 2. The molecule has 2 N–H and O–H groups in total. The molecule has 0 unspecified atom stereocenters. The van der Waals surface area contributed by atoms with Crippen molar-refractivity contribution in [2.75, 3.05) is 0 Å². The lowest BCUT2D eigenvalue weighted by Gasteiger charge is -2.33. The summed E-state index contributed by atoms with van der Waals surface area (Å²) < 4.78 is 4.91. The molecule has 92 valence electrons. The monoisotopic (exact) mass is 229 g/mol. The van der Waals surface area contributed by atoms with Crippen molar-refractivity contribution in [2.45, 2.75) is 57.6 Å². The van der Waals surface area contributed by atoms with Crippen LogP contribution < -0.4 is 5.32 Å². The number of nitrogens with one attached hydrogen (secondary N) is 1. The summed E-state index contributed by atoms with van der Waals surface area (Å²) in [6, 6.07) is 0. The van der Waals surface area contributed by atoms with Gasteiger partial charge in [-0.05, 0) is 26.7 Å². The molecule has 1 fully saturated rings. The molecule has 1 amide bonds. The van der Waals surface area contributed by atoms with Gasteiger partial charge >= 0.3 is 12.1 Å². The normalized spacial score (nSPS) is 19.2. The highest BCUT2D eigenvalue weighted by molar-refractivity contribution is 5.84. The highest BCUT2D eigenvalue weighted by atomic mass is 16.6. The topological polar surface area (TPSA) is 75.6 Å². The van der Waals surface area contributed by atoms with Crippen LogP contribution in [0.2, 0.25) is 0 Å². The molecule has 1 saturated carbocycles. The molecule has 0 aromatic heterocycles. The largest absolute Gasteiger partial charge is 0.480 e. The highest BCUT2D eigenvalue weighted by Gasteiger charge is 2.41. The van der Waals surface area contributed by atoms with E-state index in [9.17, 15) is 14.7 Å². The van der Waals surface area contributed by atoms with Gasteiger partial charge in [0.05, 0.1) is 6.10 Å². The van der Waals surface area contributed by atoms with E-state index in [1.54, 1.807) is 13.8 Å². The molecule has 1 rings (SSSR count). The summed E-state index contributed by atoms with van der Waals surface area (Å²) in [5.74, 6) is -0.965. The standard InChI is InChI=1S/C11H19NO4/c1-8(2)16-10(15)12-11(9(13)14)6-4-3-5-7-11/h8H,3-7H2,1-2H3,(H,12,15)(H,13,14). The fourth-order valence-corrected chi connectivity index (χ4v) is 1.99. The van der Waals surface area contributed by atoms with Crippen LogP contribution in [-0.2, 0) is 9.53 Å². The van der Waals surface area contributed by atoms with Gasteiger partial charge < -0.3 is 15.2 Å². The lowest BCUT2D eigenvalue weighted by atomic mass is 9.82. The molecule has 0 heterocycles. The van der Waals surface area contributed by atoms with E-state index in [1.807, 2.05) is 0 Å². The molecule has 5 heteroatoms. The van der Waals surface area contributed by atoms with Crippen molar-refractivity contribution in [2.24, 2.45) is 0 Å². The van der Waals surface area contributed by atoms with Crippen molar-refractivity contribution in [3.63, 3.8) is 0 Å². The number of carbonyl (C=O) groups is 2. The van der Waals surface area contributed by atoms with Crippen molar-refractivity contribution in [3.05, 3.63) is 0 Å². The second-order valence-corrected chi connectivity index (χ2v) is 4.53. The first-order valence-corrected chi connectivity index (χ1v) is 5.68. The van der Waals surface area contributed by atoms with Crippen LogP contribution >= 0.6 is 0 Å². The number of amides is 1. The Labute approximate surface area is 95.2 Å². The Kier molecular flexibility index (Phi) is 4.15. The van der Waals surface area contributed by atoms with Gasteiger partial charge in [0.1, 0.15) is 5.54 Å². The van der Waals surface area contributed by atoms with Crippen molar-refractivity contribution >= 4 is 12.1 Å². The quantitative estimate of drug-likeness (QED) is 0.775. The molecule has 0 radical (unpaired) electrons. The molecular weight excluding hydrogens is 210 g/mol. The fraction of sp³-hybridized carbons (Fsp3) is 0.818. The Morgan fingerprint density at radius 3 is 2.25 bits per heavy atom. The third kappa shape index (κ3) is 3.12. The van der Waals surface area contributed by atoms with Gasteiger partial charge in [0.2, 0.25) is 0 Å². The molecule has 5 nitrogen and oxygen atoms in total. The summed E-state index contributed by atoms with van der Waals surface area (Å²) in [7, 11) is 0. The van der Waals surface area contributed by atoms with Crippen LogP contribution in [0.4, 0.5) is 4.79 Å². The summed E-state index contributed by atoms with van der Waals surface area (Å²) in [5.41, 5.74) is -1.12. The maximum atomic E-state index is 11.4. The van der Waals surface area contributed by atoms with E-state index in [1.165, 1.54) is 0 Å². The summed E-state index contributed by atoms with van der Waals surface area (Å²) in [6.07, 6.45) is 2.76. The van der Waals surface area contributed by atoms with Gasteiger partial charge in [0.25, 0.3) is 0 Å². The molecule has 1 aliphatic carbocycles. The van der Waals surface area contributed by atoms with E-state index in [2.05, 4.69) is 5.32 Å². The smallest absolute Gasteiger partial charge is 0.408 e. The van der Waals surface area contributed by atoms with Crippen molar-refractivity contribution in [1.29, 1.82) is 0 Å². The number of carbonyl (C=O) groups excluding carboxylic acids is 1. The van der Waals surface area contributed by atoms with E-state index >= 15 is 0 Å². The third-order valence-electron chi connectivity index (χ3n) is 2.80. The predicted molar refractivity (Wildman–Crippen MR) is 58.2 cm³/mol. The molecule has 0 aromatic carbocycles. The van der Waals surface area contributed by atoms with E-state index in [4.69, 9.17) is 4.74 Å². The average molecular weight is 229 g/mol. The third-order valence-corrected chi connectivity index (χ3v) is 2.80. The zero-order valence-electron chi connectivity index (χ0n) is 9.78. The van der Waals surface area contributed by atoms with Crippen molar-refractivity contribution in [3.8, 4) is 0 Å². The van der Waals surface area contributed by atoms with Crippen LogP contribution in [0.5, 0.6) is 0 Å². The summed E-state index contributed by atoms with van der Waals surface area (Å²) in [4.78, 5) is 22.7. The number of carboxylic acid groups (broad SMARTS) is 1. The van der Waals surface area contributed by atoms with Gasteiger partial charge in [-0.2, -0.15) is 0 Å². The van der Waals surface area contributed by atoms with Crippen molar-refractivity contribution < 1.29 is 19.4 Å².